The van der Waals surface area contributed by atoms with Gasteiger partial charge in [0.15, 0.2) is 5.58 Å². The third-order valence-electron chi connectivity index (χ3n) is 4.83. The number of benzene rings is 2. The van der Waals surface area contributed by atoms with E-state index in [4.69, 9.17) is 9.15 Å². The van der Waals surface area contributed by atoms with Gasteiger partial charge in [-0.1, -0.05) is 31.5 Å². The van der Waals surface area contributed by atoms with E-state index in [2.05, 4.69) is 6.92 Å². The molecule has 0 saturated carbocycles. The summed E-state index contributed by atoms with van der Waals surface area (Å²) < 4.78 is 25.4. The Hall–Kier alpha value is -2.66. The van der Waals surface area contributed by atoms with Gasteiger partial charge in [-0.05, 0) is 30.2 Å². The van der Waals surface area contributed by atoms with Crippen LogP contribution in [-0.2, 0) is 19.5 Å². The first-order valence-electron chi connectivity index (χ1n) is 8.94. The zero-order valence-electron chi connectivity index (χ0n) is 14.7. The number of hydrogen-bond acceptors (Lipinski definition) is 3. The van der Waals surface area contributed by atoms with Crippen molar-refractivity contribution in [1.29, 1.82) is 0 Å². The van der Waals surface area contributed by atoms with Gasteiger partial charge in [-0.2, -0.15) is 0 Å². The molecule has 1 unspecified atom stereocenters. The second kappa shape index (κ2) is 6.92. The molecule has 26 heavy (non-hydrogen) atoms. The predicted octanol–water partition coefficient (Wildman–Crippen LogP) is 2.82. The minimum Gasteiger partial charge on any atom is -0.445 e. The van der Waals surface area contributed by atoms with Crippen molar-refractivity contribution in [2.24, 2.45) is 0 Å². The second-order valence-electron chi connectivity index (χ2n) is 6.74. The van der Waals surface area contributed by atoms with Gasteiger partial charge in [0.05, 0.1) is 5.56 Å². The van der Waals surface area contributed by atoms with Crippen molar-refractivity contribution in [3.8, 4) is 5.75 Å². The highest BCUT2D eigenvalue weighted by Gasteiger charge is 2.25. The fourth-order valence-corrected chi connectivity index (χ4v) is 3.61. The fraction of sp³-hybridized carbons (Fsp3) is 0.286. The molecule has 3 aromatic rings. The minimum absolute atomic E-state index is 0.208. The van der Waals surface area contributed by atoms with Crippen LogP contribution in [0, 0.1) is 5.82 Å². The lowest BCUT2D eigenvalue weighted by Gasteiger charge is -2.26. The van der Waals surface area contributed by atoms with Gasteiger partial charge in [-0.25, -0.2) is 9.18 Å². The molecule has 1 N–H and O–H groups in total. The largest absolute Gasteiger partial charge is 0.445 e. The van der Waals surface area contributed by atoms with Crippen LogP contribution < -0.4 is 15.3 Å². The van der Waals surface area contributed by atoms with Crippen LogP contribution >= 0.6 is 0 Å². The van der Waals surface area contributed by atoms with Crippen LogP contribution in [0.2, 0.25) is 0 Å². The van der Waals surface area contributed by atoms with Crippen molar-refractivity contribution in [3.05, 3.63) is 75.4 Å². The lowest BCUT2D eigenvalue weighted by molar-refractivity contribution is -0.945. The summed E-state index contributed by atoms with van der Waals surface area (Å²) in [5.41, 5.74) is 2.81. The molecule has 1 aliphatic rings. The summed E-state index contributed by atoms with van der Waals surface area (Å²) >= 11 is 0. The van der Waals surface area contributed by atoms with Crippen molar-refractivity contribution < 1.29 is 18.4 Å². The average molecular weight is 354 g/mol. The Bertz CT molecular complexity index is 1010. The highest BCUT2D eigenvalue weighted by atomic mass is 19.1. The molecule has 2 aromatic carbocycles. The second-order valence-corrected chi connectivity index (χ2v) is 6.74. The first kappa shape index (κ1) is 16.8. The van der Waals surface area contributed by atoms with E-state index in [0.717, 1.165) is 40.0 Å². The zero-order valence-corrected chi connectivity index (χ0v) is 14.7. The van der Waals surface area contributed by atoms with Gasteiger partial charge in [0, 0.05) is 17.0 Å². The Kier molecular flexibility index (Phi) is 4.47. The van der Waals surface area contributed by atoms with Crippen molar-refractivity contribution in [2.75, 3.05) is 6.73 Å². The molecule has 0 amide bonds. The Morgan fingerprint density at radius 1 is 1.15 bits per heavy atom. The molecule has 0 aliphatic carbocycles. The maximum atomic E-state index is 14.0. The van der Waals surface area contributed by atoms with Gasteiger partial charge in [-0.15, -0.1) is 0 Å². The first-order chi connectivity index (χ1) is 12.7. The van der Waals surface area contributed by atoms with Crippen molar-refractivity contribution in [2.45, 2.75) is 32.9 Å². The maximum absolute atomic E-state index is 14.0. The smallest absolute Gasteiger partial charge is 0.336 e. The Balaban J connectivity index is 1.72. The number of rotatable bonds is 4. The predicted molar refractivity (Wildman–Crippen MR) is 96.7 cm³/mol. The van der Waals surface area contributed by atoms with Gasteiger partial charge in [0.25, 0.3) is 0 Å². The molecule has 1 atom stereocenters. The molecule has 0 spiro atoms. The molecule has 2 heterocycles. The number of nitrogens with one attached hydrogen (secondary N) is 1. The normalized spacial score (nSPS) is 16.3. The Morgan fingerprint density at radius 3 is 2.81 bits per heavy atom. The first-order valence-corrected chi connectivity index (χ1v) is 8.94. The molecule has 0 radical (unpaired) electrons. The number of hydrogen-bond donors (Lipinski definition) is 1. The molecule has 1 aromatic heterocycles. The summed E-state index contributed by atoms with van der Waals surface area (Å²) in [4.78, 5) is 13.1. The van der Waals surface area contributed by atoms with E-state index in [0.29, 0.717) is 31.0 Å². The molecule has 134 valence electrons. The van der Waals surface area contributed by atoms with E-state index in [-0.39, 0.29) is 11.4 Å². The maximum Gasteiger partial charge on any atom is 0.336 e. The van der Waals surface area contributed by atoms with E-state index in [1.807, 2.05) is 18.2 Å². The number of quaternary nitrogens is 1. The van der Waals surface area contributed by atoms with Gasteiger partial charge < -0.3 is 9.15 Å². The lowest BCUT2D eigenvalue weighted by atomic mass is 10.0. The molecule has 0 fully saturated rings. The Morgan fingerprint density at radius 2 is 2.00 bits per heavy atom. The SMILES string of the molecule is CCCc1cc(=O)oc2c3c(ccc12)OC[NH+](Cc1ccccc1F)C3. The molecule has 0 saturated heterocycles. The summed E-state index contributed by atoms with van der Waals surface area (Å²) in [6.07, 6.45) is 1.78. The van der Waals surface area contributed by atoms with Crippen LogP contribution in [0.4, 0.5) is 4.39 Å². The standard InChI is InChI=1S/C21H20FNO3/c1-2-5-14-10-20(24)26-21-16(14)8-9-19-17(21)12-23(13-25-19)11-15-6-3-4-7-18(15)22/h3-4,6-10H,2,5,11-13H2,1H3/p+1. The molecule has 1 aliphatic heterocycles. The van der Waals surface area contributed by atoms with Crippen LogP contribution in [0.25, 0.3) is 11.0 Å². The molecular formula is C21H21FNO3+. The minimum atomic E-state index is -0.337. The van der Waals surface area contributed by atoms with Gasteiger partial charge in [0.1, 0.15) is 24.7 Å². The summed E-state index contributed by atoms with van der Waals surface area (Å²) in [6.45, 7) is 3.68. The highest BCUT2D eigenvalue weighted by molar-refractivity contribution is 5.85. The van der Waals surface area contributed by atoms with Crippen LogP contribution in [0.3, 0.4) is 0 Å². The monoisotopic (exact) mass is 354 g/mol. The van der Waals surface area contributed by atoms with Crippen LogP contribution in [0.15, 0.2) is 51.7 Å². The average Bonchev–Trinajstić information content (AvgIpc) is 2.64. The molecule has 4 rings (SSSR count). The van der Waals surface area contributed by atoms with Crippen LogP contribution in [0.5, 0.6) is 5.75 Å². The third kappa shape index (κ3) is 3.10. The lowest BCUT2D eigenvalue weighted by Crippen LogP contribution is -3.11. The number of fused-ring (bicyclic) bond motifs is 3. The Labute approximate surface area is 150 Å². The topological polar surface area (TPSA) is 43.9 Å². The van der Waals surface area contributed by atoms with E-state index in [1.54, 1.807) is 18.2 Å². The summed E-state index contributed by atoms with van der Waals surface area (Å²) in [7, 11) is 0. The molecule has 4 nitrogen and oxygen atoms in total. The quantitative estimate of drug-likeness (QED) is 0.733. The zero-order chi connectivity index (χ0) is 18.1. The van der Waals surface area contributed by atoms with Crippen molar-refractivity contribution >= 4 is 11.0 Å². The van der Waals surface area contributed by atoms with E-state index < -0.39 is 0 Å². The molecule has 0 bridgehead atoms. The van der Waals surface area contributed by atoms with Gasteiger partial charge in [-0.3, -0.25) is 4.90 Å². The molecule has 5 heteroatoms. The van der Waals surface area contributed by atoms with E-state index >= 15 is 0 Å². The number of halogens is 1. The van der Waals surface area contributed by atoms with Crippen molar-refractivity contribution in [1.82, 2.24) is 0 Å². The summed E-state index contributed by atoms with van der Waals surface area (Å²) in [5.74, 6) is 0.534. The fourth-order valence-electron chi connectivity index (χ4n) is 3.61. The number of ether oxygens (including phenoxy) is 1. The van der Waals surface area contributed by atoms with E-state index in [9.17, 15) is 9.18 Å². The summed E-state index contributed by atoms with van der Waals surface area (Å²) in [5, 5.41) is 0.959. The van der Waals surface area contributed by atoms with Crippen LogP contribution in [0.1, 0.15) is 30.0 Å². The van der Waals surface area contributed by atoms with E-state index in [1.165, 1.54) is 6.07 Å². The van der Waals surface area contributed by atoms with Crippen LogP contribution in [-0.4, -0.2) is 6.73 Å². The van der Waals surface area contributed by atoms with Gasteiger partial charge >= 0.3 is 5.63 Å². The number of aryl methyl sites for hydroxylation is 1. The summed E-state index contributed by atoms with van der Waals surface area (Å²) in [6, 6.07) is 12.3. The highest BCUT2D eigenvalue weighted by Crippen LogP contribution is 2.30. The molecular weight excluding hydrogens is 333 g/mol. The third-order valence-corrected chi connectivity index (χ3v) is 4.83. The van der Waals surface area contributed by atoms with Gasteiger partial charge in [0.2, 0.25) is 6.73 Å². The van der Waals surface area contributed by atoms with Crippen molar-refractivity contribution in [3.63, 3.8) is 0 Å².